The molecule has 0 saturated carbocycles. The smallest absolute Gasteiger partial charge is 0.282 e. The second-order valence-electron chi connectivity index (χ2n) is 4.94. The van der Waals surface area contributed by atoms with Crippen LogP contribution < -0.4 is 5.32 Å². The van der Waals surface area contributed by atoms with Gasteiger partial charge in [-0.3, -0.25) is 0 Å². The van der Waals surface area contributed by atoms with Crippen molar-refractivity contribution in [3.63, 3.8) is 0 Å². The van der Waals surface area contributed by atoms with Crippen LogP contribution in [0.25, 0.3) is 0 Å². The third kappa shape index (κ3) is 2.57. The van der Waals surface area contributed by atoms with Crippen molar-refractivity contribution in [3.8, 4) is 0 Å². The maximum Gasteiger partial charge on any atom is 0.282 e. The molecule has 1 N–H and O–H groups in total. The first-order valence-corrected chi connectivity index (χ1v) is 8.98. The molecule has 1 unspecified atom stereocenters. The van der Waals surface area contributed by atoms with Crippen molar-refractivity contribution in [3.05, 3.63) is 22.4 Å². The molecule has 2 saturated heterocycles. The highest BCUT2D eigenvalue weighted by atomic mass is 32.2. The van der Waals surface area contributed by atoms with Gasteiger partial charge in [0.2, 0.25) is 0 Å². The van der Waals surface area contributed by atoms with Crippen LogP contribution in [0.15, 0.2) is 17.5 Å². The molecule has 0 radical (unpaired) electrons. The van der Waals surface area contributed by atoms with Crippen LogP contribution in [0.3, 0.4) is 0 Å². The molecule has 2 aliphatic heterocycles. The fourth-order valence-electron chi connectivity index (χ4n) is 2.80. The molecule has 106 valence electrons. The molecule has 0 aliphatic carbocycles. The van der Waals surface area contributed by atoms with E-state index in [9.17, 15) is 8.42 Å². The fourth-order valence-corrected chi connectivity index (χ4v) is 5.59. The summed E-state index contributed by atoms with van der Waals surface area (Å²) < 4.78 is 28.8. The van der Waals surface area contributed by atoms with Gasteiger partial charge in [0.15, 0.2) is 0 Å². The van der Waals surface area contributed by atoms with Crippen molar-refractivity contribution < 1.29 is 8.42 Å². The van der Waals surface area contributed by atoms with E-state index >= 15 is 0 Å². The Hall–Kier alpha value is -0.470. The highest BCUT2D eigenvalue weighted by molar-refractivity contribution is 7.86. The molecule has 0 spiro atoms. The number of hydrogen-bond donors (Lipinski definition) is 1. The van der Waals surface area contributed by atoms with Gasteiger partial charge in [-0.25, -0.2) is 0 Å². The van der Waals surface area contributed by atoms with E-state index in [1.54, 1.807) is 19.9 Å². The molecule has 19 heavy (non-hydrogen) atoms. The van der Waals surface area contributed by atoms with Gasteiger partial charge in [-0.05, 0) is 24.3 Å². The molecule has 1 aromatic rings. The number of nitrogens with zero attached hydrogens (tertiary/aromatic N) is 2. The Morgan fingerprint density at radius 2 is 2.05 bits per heavy atom. The molecule has 1 aromatic heterocycles. The number of piperazine rings is 1. The third-order valence-corrected chi connectivity index (χ3v) is 6.79. The second-order valence-corrected chi connectivity index (χ2v) is 7.80. The van der Waals surface area contributed by atoms with Crippen LogP contribution in [0.2, 0.25) is 0 Å². The van der Waals surface area contributed by atoms with E-state index in [1.165, 1.54) is 0 Å². The van der Waals surface area contributed by atoms with E-state index in [0.29, 0.717) is 19.6 Å². The van der Waals surface area contributed by atoms with Crippen molar-refractivity contribution in [1.82, 2.24) is 13.9 Å². The van der Waals surface area contributed by atoms with Gasteiger partial charge in [0.25, 0.3) is 10.2 Å². The zero-order valence-electron chi connectivity index (χ0n) is 10.8. The molecule has 0 amide bonds. The van der Waals surface area contributed by atoms with Gasteiger partial charge in [0, 0.05) is 37.6 Å². The van der Waals surface area contributed by atoms with Gasteiger partial charge in [-0.1, -0.05) is 6.07 Å². The standard InChI is InChI=1S/C12H19N3O2S2/c16-19(17,14-8-5-13-6-9-14)15-7-1-3-11(15)12-4-2-10-18-12/h2,4,10-11,13H,1,3,5-9H2. The number of nitrogens with one attached hydrogen (secondary N) is 1. The molecule has 3 heterocycles. The SMILES string of the molecule is O=S(=O)(N1CCNCC1)N1CCCC1c1cccs1. The maximum absolute atomic E-state index is 12.7. The van der Waals surface area contributed by atoms with Gasteiger partial charge in [0.1, 0.15) is 0 Å². The van der Waals surface area contributed by atoms with Crippen LogP contribution in [-0.4, -0.2) is 49.8 Å². The second kappa shape index (κ2) is 5.49. The molecule has 5 nitrogen and oxygen atoms in total. The summed E-state index contributed by atoms with van der Waals surface area (Å²) in [7, 11) is -3.30. The first kappa shape index (κ1) is 13.5. The Balaban J connectivity index is 1.83. The van der Waals surface area contributed by atoms with Crippen LogP contribution in [0.5, 0.6) is 0 Å². The minimum absolute atomic E-state index is 0.0416. The average Bonchev–Trinajstić information content (AvgIpc) is 3.10. The molecule has 7 heteroatoms. The summed E-state index contributed by atoms with van der Waals surface area (Å²) >= 11 is 1.65. The lowest BCUT2D eigenvalue weighted by atomic mass is 10.2. The first-order valence-electron chi connectivity index (χ1n) is 6.70. The van der Waals surface area contributed by atoms with Crippen LogP contribution in [0, 0.1) is 0 Å². The van der Waals surface area contributed by atoms with Crippen LogP contribution >= 0.6 is 11.3 Å². The van der Waals surface area contributed by atoms with Crippen molar-refractivity contribution >= 4 is 21.5 Å². The predicted molar refractivity (Wildman–Crippen MR) is 76.4 cm³/mol. The van der Waals surface area contributed by atoms with Crippen molar-refractivity contribution in [1.29, 1.82) is 0 Å². The van der Waals surface area contributed by atoms with Crippen LogP contribution in [0.4, 0.5) is 0 Å². The summed E-state index contributed by atoms with van der Waals surface area (Å²) in [5.41, 5.74) is 0. The van der Waals surface area contributed by atoms with Gasteiger partial charge >= 0.3 is 0 Å². The van der Waals surface area contributed by atoms with Crippen LogP contribution in [0.1, 0.15) is 23.8 Å². The Morgan fingerprint density at radius 3 is 2.74 bits per heavy atom. The molecule has 1 atom stereocenters. The molecule has 0 bridgehead atoms. The molecular weight excluding hydrogens is 282 g/mol. The number of hydrogen-bond acceptors (Lipinski definition) is 4. The predicted octanol–water partition coefficient (Wildman–Crippen LogP) is 1.04. The van der Waals surface area contributed by atoms with E-state index in [4.69, 9.17) is 0 Å². The summed E-state index contributed by atoms with van der Waals surface area (Å²) in [6.45, 7) is 3.30. The number of rotatable bonds is 3. The molecule has 3 rings (SSSR count). The monoisotopic (exact) mass is 301 g/mol. The van der Waals surface area contributed by atoms with Gasteiger partial charge in [-0.15, -0.1) is 11.3 Å². The topological polar surface area (TPSA) is 52.7 Å². The highest BCUT2D eigenvalue weighted by Crippen LogP contribution is 2.37. The summed E-state index contributed by atoms with van der Waals surface area (Å²) in [4.78, 5) is 1.16. The molecule has 0 aromatic carbocycles. The Morgan fingerprint density at radius 1 is 1.26 bits per heavy atom. The minimum Gasteiger partial charge on any atom is -0.314 e. The van der Waals surface area contributed by atoms with Crippen LogP contribution in [-0.2, 0) is 10.2 Å². The van der Waals surface area contributed by atoms with Gasteiger partial charge < -0.3 is 5.32 Å². The summed E-state index contributed by atoms with van der Waals surface area (Å²) in [6, 6.07) is 4.08. The minimum atomic E-state index is -3.30. The highest BCUT2D eigenvalue weighted by Gasteiger charge is 2.39. The third-order valence-electron chi connectivity index (χ3n) is 3.77. The quantitative estimate of drug-likeness (QED) is 0.907. The van der Waals surface area contributed by atoms with E-state index in [0.717, 1.165) is 30.8 Å². The fraction of sp³-hybridized carbons (Fsp3) is 0.667. The molecule has 2 fully saturated rings. The van der Waals surface area contributed by atoms with E-state index in [2.05, 4.69) is 5.32 Å². The van der Waals surface area contributed by atoms with Gasteiger partial charge in [0.05, 0.1) is 6.04 Å². The Kier molecular flexibility index (Phi) is 3.91. The maximum atomic E-state index is 12.7. The normalized spacial score (nSPS) is 26.8. The Bertz CT molecular complexity index is 509. The summed E-state index contributed by atoms with van der Waals surface area (Å²) in [5.74, 6) is 0. The lowest BCUT2D eigenvalue weighted by molar-refractivity contribution is 0.306. The van der Waals surface area contributed by atoms with E-state index in [1.807, 2.05) is 17.5 Å². The zero-order valence-corrected chi connectivity index (χ0v) is 12.4. The summed E-state index contributed by atoms with van der Waals surface area (Å²) in [5, 5.41) is 5.21. The lowest BCUT2D eigenvalue weighted by Gasteiger charge is -2.33. The Labute approximate surface area is 118 Å². The lowest BCUT2D eigenvalue weighted by Crippen LogP contribution is -2.51. The van der Waals surface area contributed by atoms with Crippen molar-refractivity contribution in [2.75, 3.05) is 32.7 Å². The van der Waals surface area contributed by atoms with Gasteiger partial charge in [-0.2, -0.15) is 17.0 Å². The first-order chi connectivity index (χ1) is 9.19. The largest absolute Gasteiger partial charge is 0.314 e. The molecule has 2 aliphatic rings. The number of thiophene rings is 1. The van der Waals surface area contributed by atoms with Crippen molar-refractivity contribution in [2.24, 2.45) is 0 Å². The summed E-state index contributed by atoms with van der Waals surface area (Å²) in [6.07, 6.45) is 1.89. The van der Waals surface area contributed by atoms with E-state index < -0.39 is 10.2 Å². The average molecular weight is 301 g/mol. The van der Waals surface area contributed by atoms with Crippen molar-refractivity contribution in [2.45, 2.75) is 18.9 Å². The zero-order chi connectivity index (χ0) is 13.3. The molecular formula is C12H19N3O2S2. The van der Waals surface area contributed by atoms with E-state index in [-0.39, 0.29) is 6.04 Å².